The van der Waals surface area contributed by atoms with Gasteiger partial charge in [-0.3, -0.25) is 14.5 Å². The second-order valence-corrected chi connectivity index (χ2v) is 6.68. The van der Waals surface area contributed by atoms with Crippen LogP contribution < -0.4 is 0 Å². The third kappa shape index (κ3) is 4.09. The average Bonchev–Trinajstić information content (AvgIpc) is 3.34. The number of nitrogens with zero attached hydrogens (tertiary/aromatic N) is 8. The van der Waals surface area contributed by atoms with E-state index in [0.29, 0.717) is 0 Å². The lowest BCUT2D eigenvalue weighted by Crippen LogP contribution is -2.09. The Morgan fingerprint density at radius 3 is 2.24 bits per heavy atom. The molecule has 0 amide bonds. The molecule has 0 aliphatic carbocycles. The molecule has 3 unspecified atom stereocenters. The number of aromatic nitrogens is 9. The van der Waals surface area contributed by atoms with Crippen molar-refractivity contribution in [3.05, 3.63) is 35.7 Å². The Kier molecular flexibility index (Phi) is 5.20. The Morgan fingerprint density at radius 2 is 1.68 bits per heavy atom. The van der Waals surface area contributed by atoms with Gasteiger partial charge in [0, 0.05) is 49.9 Å². The van der Waals surface area contributed by atoms with E-state index in [1.54, 1.807) is 4.68 Å². The summed E-state index contributed by atoms with van der Waals surface area (Å²) in [5, 5.41) is 27.7. The van der Waals surface area contributed by atoms with E-state index in [9.17, 15) is 0 Å². The SMILES string of the molecule is CCn1cc(C(C)CC(CC(C)c2c[nH]nn2)c2cn(C)nn2)nn1. The summed E-state index contributed by atoms with van der Waals surface area (Å²) in [6, 6.07) is 0. The smallest absolute Gasteiger partial charge is 0.0858 e. The van der Waals surface area contributed by atoms with E-state index in [2.05, 4.69) is 56.8 Å². The van der Waals surface area contributed by atoms with E-state index in [1.165, 1.54) is 0 Å². The number of nitrogens with one attached hydrogen (secondary N) is 1. The van der Waals surface area contributed by atoms with Crippen molar-refractivity contribution in [1.82, 2.24) is 45.4 Å². The Balaban J connectivity index is 1.76. The third-order valence-electron chi connectivity index (χ3n) is 4.64. The maximum atomic E-state index is 4.35. The summed E-state index contributed by atoms with van der Waals surface area (Å²) in [5.41, 5.74) is 3.00. The van der Waals surface area contributed by atoms with Gasteiger partial charge in [-0.05, 0) is 19.8 Å². The molecule has 9 nitrogen and oxygen atoms in total. The highest BCUT2D eigenvalue weighted by Gasteiger charge is 2.24. The third-order valence-corrected chi connectivity index (χ3v) is 4.64. The van der Waals surface area contributed by atoms with Crippen LogP contribution in [0.4, 0.5) is 0 Å². The molecule has 0 aliphatic rings. The Labute approximate surface area is 146 Å². The Morgan fingerprint density at radius 1 is 0.960 bits per heavy atom. The molecule has 3 rings (SSSR count). The zero-order valence-electron chi connectivity index (χ0n) is 15.2. The maximum Gasteiger partial charge on any atom is 0.0858 e. The summed E-state index contributed by atoms with van der Waals surface area (Å²) in [5.74, 6) is 0.836. The van der Waals surface area contributed by atoms with Crippen LogP contribution in [0.1, 0.15) is 68.4 Å². The van der Waals surface area contributed by atoms with E-state index in [4.69, 9.17) is 0 Å². The minimum atomic E-state index is 0.266. The standard InChI is InChI=1S/C16H25N9/c1-5-25-10-15(19-23-25)12(3)7-13(16-9-24(4)22-20-16)6-11(2)14-8-17-21-18-14/h8-13H,5-7H2,1-4H3,(H,17,18,21). The molecule has 3 heterocycles. The largest absolute Gasteiger partial charge is 0.265 e. The van der Waals surface area contributed by atoms with Crippen molar-refractivity contribution in [1.29, 1.82) is 0 Å². The first-order valence-electron chi connectivity index (χ1n) is 8.69. The molecule has 25 heavy (non-hydrogen) atoms. The molecule has 0 aromatic carbocycles. The van der Waals surface area contributed by atoms with Crippen LogP contribution in [-0.2, 0) is 13.6 Å². The number of hydrogen-bond donors (Lipinski definition) is 1. The van der Waals surface area contributed by atoms with Gasteiger partial charge < -0.3 is 0 Å². The molecule has 9 heteroatoms. The van der Waals surface area contributed by atoms with Crippen LogP contribution in [0, 0.1) is 0 Å². The summed E-state index contributed by atoms with van der Waals surface area (Å²) in [6.45, 7) is 7.25. The van der Waals surface area contributed by atoms with Crippen molar-refractivity contribution in [3.8, 4) is 0 Å². The van der Waals surface area contributed by atoms with Crippen LogP contribution in [0.5, 0.6) is 0 Å². The van der Waals surface area contributed by atoms with Crippen molar-refractivity contribution in [2.45, 2.75) is 57.9 Å². The normalized spacial score (nSPS) is 15.2. The molecule has 0 radical (unpaired) electrons. The van der Waals surface area contributed by atoms with Crippen molar-refractivity contribution in [3.63, 3.8) is 0 Å². The fourth-order valence-corrected chi connectivity index (χ4v) is 3.13. The van der Waals surface area contributed by atoms with Gasteiger partial charge >= 0.3 is 0 Å². The maximum absolute atomic E-state index is 4.35. The summed E-state index contributed by atoms with van der Waals surface area (Å²) in [6.07, 6.45) is 7.74. The van der Waals surface area contributed by atoms with Crippen LogP contribution in [-0.4, -0.2) is 45.4 Å². The highest BCUT2D eigenvalue weighted by molar-refractivity contribution is 5.10. The molecule has 0 spiro atoms. The quantitative estimate of drug-likeness (QED) is 0.671. The summed E-state index contributed by atoms with van der Waals surface area (Å²) >= 11 is 0. The van der Waals surface area contributed by atoms with Gasteiger partial charge in [-0.15, -0.1) is 15.3 Å². The van der Waals surface area contributed by atoms with Gasteiger partial charge in [0.25, 0.3) is 0 Å². The predicted octanol–water partition coefficient (Wildman–Crippen LogP) is 2.02. The van der Waals surface area contributed by atoms with Crippen LogP contribution in [0.15, 0.2) is 18.6 Å². The molecule has 0 saturated heterocycles. The van der Waals surface area contributed by atoms with Gasteiger partial charge in [0.2, 0.25) is 0 Å². The number of hydrogen-bond acceptors (Lipinski definition) is 6. The molecule has 0 bridgehead atoms. The lowest BCUT2D eigenvalue weighted by atomic mass is 9.84. The molecule has 3 aromatic rings. The fourth-order valence-electron chi connectivity index (χ4n) is 3.13. The molecule has 0 saturated carbocycles. The number of aromatic amines is 1. The number of rotatable bonds is 8. The first kappa shape index (κ1) is 17.2. The second kappa shape index (κ2) is 7.54. The van der Waals surface area contributed by atoms with Crippen LogP contribution in [0.3, 0.4) is 0 Å². The first-order valence-corrected chi connectivity index (χ1v) is 8.69. The Hall–Kier alpha value is -2.58. The zero-order chi connectivity index (χ0) is 17.8. The summed E-state index contributed by atoms with van der Waals surface area (Å²) in [4.78, 5) is 0. The van der Waals surface area contributed by atoms with Crippen LogP contribution in [0.25, 0.3) is 0 Å². The van der Waals surface area contributed by atoms with Gasteiger partial charge in [-0.25, -0.2) is 0 Å². The lowest BCUT2D eigenvalue weighted by molar-refractivity contribution is 0.471. The van der Waals surface area contributed by atoms with E-state index >= 15 is 0 Å². The molecule has 0 fully saturated rings. The number of aryl methyl sites for hydroxylation is 2. The second-order valence-electron chi connectivity index (χ2n) is 6.68. The van der Waals surface area contributed by atoms with Gasteiger partial charge in [-0.2, -0.15) is 0 Å². The molecule has 134 valence electrons. The van der Waals surface area contributed by atoms with Crippen LogP contribution >= 0.6 is 0 Å². The lowest BCUT2D eigenvalue weighted by Gasteiger charge is -2.20. The van der Waals surface area contributed by atoms with E-state index < -0.39 is 0 Å². The zero-order valence-corrected chi connectivity index (χ0v) is 15.2. The van der Waals surface area contributed by atoms with Gasteiger partial charge in [0.1, 0.15) is 0 Å². The molecular weight excluding hydrogens is 318 g/mol. The highest BCUT2D eigenvalue weighted by atomic mass is 15.4. The predicted molar refractivity (Wildman–Crippen MR) is 91.9 cm³/mol. The monoisotopic (exact) mass is 343 g/mol. The fraction of sp³-hybridized carbons (Fsp3) is 0.625. The van der Waals surface area contributed by atoms with E-state index in [1.807, 2.05) is 30.3 Å². The van der Waals surface area contributed by atoms with Gasteiger partial charge in [0.05, 0.1) is 17.1 Å². The van der Waals surface area contributed by atoms with Crippen LogP contribution in [0.2, 0.25) is 0 Å². The minimum absolute atomic E-state index is 0.266. The van der Waals surface area contributed by atoms with Crippen molar-refractivity contribution < 1.29 is 0 Å². The molecule has 0 aliphatic heterocycles. The molecule has 3 atom stereocenters. The first-order chi connectivity index (χ1) is 12.1. The highest BCUT2D eigenvalue weighted by Crippen LogP contribution is 2.35. The molecular formula is C16H25N9. The van der Waals surface area contributed by atoms with E-state index in [0.717, 1.165) is 36.5 Å². The van der Waals surface area contributed by atoms with Crippen molar-refractivity contribution in [2.75, 3.05) is 0 Å². The average molecular weight is 343 g/mol. The summed E-state index contributed by atoms with van der Waals surface area (Å²) in [7, 11) is 1.89. The van der Waals surface area contributed by atoms with E-state index in [-0.39, 0.29) is 17.8 Å². The van der Waals surface area contributed by atoms with Crippen molar-refractivity contribution >= 4 is 0 Å². The summed E-state index contributed by atoms with van der Waals surface area (Å²) < 4.78 is 3.61. The Bertz CT molecular complexity index is 773. The number of H-pyrrole nitrogens is 1. The molecule has 1 N–H and O–H groups in total. The topological polar surface area (TPSA) is 103 Å². The molecule has 3 aromatic heterocycles. The van der Waals surface area contributed by atoms with Gasteiger partial charge in [-0.1, -0.05) is 29.5 Å². The minimum Gasteiger partial charge on any atom is -0.265 e. The van der Waals surface area contributed by atoms with Gasteiger partial charge in [0.15, 0.2) is 0 Å². The van der Waals surface area contributed by atoms with Crippen molar-refractivity contribution in [2.24, 2.45) is 7.05 Å².